The van der Waals surface area contributed by atoms with Crippen LogP contribution in [0.2, 0.25) is 0 Å². The number of aryl methyl sites for hydroxylation is 1. The van der Waals surface area contributed by atoms with E-state index in [1.165, 1.54) is 0 Å². The summed E-state index contributed by atoms with van der Waals surface area (Å²) in [4.78, 5) is 23.6. The molecule has 1 heterocycles. The summed E-state index contributed by atoms with van der Waals surface area (Å²) in [5.41, 5.74) is 0.939. The van der Waals surface area contributed by atoms with Crippen LogP contribution in [-0.2, 0) is 16.0 Å². The quantitative estimate of drug-likeness (QED) is 0.757. The zero-order valence-electron chi connectivity index (χ0n) is 15.0. The van der Waals surface area contributed by atoms with Gasteiger partial charge < -0.3 is 15.0 Å². The number of carbonyl (C=O) groups excluding carboxylic acids is 1. The first kappa shape index (κ1) is 17.6. The number of rotatable bonds is 9. The molecule has 6 nitrogen and oxygen atoms in total. The molecule has 0 saturated heterocycles. The topological polar surface area (TPSA) is 67.4 Å². The van der Waals surface area contributed by atoms with Gasteiger partial charge in [-0.1, -0.05) is 19.1 Å². The second-order valence-electron chi connectivity index (χ2n) is 6.41. The Morgan fingerprint density at radius 1 is 1.28 bits per heavy atom. The number of fused-ring (bicyclic) bond motifs is 1. The summed E-state index contributed by atoms with van der Waals surface area (Å²) in [6, 6.07) is 8.42. The Bertz CT molecular complexity index is 730. The Morgan fingerprint density at radius 2 is 2.08 bits per heavy atom. The molecule has 2 aromatic rings. The molecule has 1 aromatic heterocycles. The van der Waals surface area contributed by atoms with Crippen molar-refractivity contribution in [3.8, 4) is 0 Å². The number of nitrogens with zero attached hydrogens (tertiary/aromatic N) is 3. The van der Waals surface area contributed by atoms with Crippen LogP contribution in [0.4, 0.5) is 5.82 Å². The molecule has 0 radical (unpaired) electrons. The van der Waals surface area contributed by atoms with E-state index in [-0.39, 0.29) is 5.91 Å². The number of hydrogen-bond donors (Lipinski definition) is 1. The summed E-state index contributed by atoms with van der Waals surface area (Å²) in [6.07, 6.45) is 3.45. The standard InChI is InChI=1S/C19H26N4O2/c1-3-17-21-16-7-5-4-6-15(16)19(22-17)23(12-13-25-2)11-10-18(24)20-14-8-9-14/h4-7,14H,3,8-13H2,1-2H3,(H,20,24). The number of anilines is 1. The van der Waals surface area contributed by atoms with E-state index in [2.05, 4.69) is 22.1 Å². The molecule has 1 aliphatic carbocycles. The maximum Gasteiger partial charge on any atom is 0.221 e. The highest BCUT2D eigenvalue weighted by atomic mass is 16.5. The van der Waals surface area contributed by atoms with Crippen molar-refractivity contribution in [2.24, 2.45) is 0 Å². The predicted molar refractivity (Wildman–Crippen MR) is 98.8 cm³/mol. The van der Waals surface area contributed by atoms with Gasteiger partial charge in [0.05, 0.1) is 12.1 Å². The fourth-order valence-corrected chi connectivity index (χ4v) is 2.80. The van der Waals surface area contributed by atoms with Gasteiger partial charge in [0, 0.05) is 44.5 Å². The molecule has 25 heavy (non-hydrogen) atoms. The summed E-state index contributed by atoms with van der Waals surface area (Å²) < 4.78 is 5.26. The summed E-state index contributed by atoms with van der Waals surface area (Å²) in [5.74, 6) is 1.82. The lowest BCUT2D eigenvalue weighted by Crippen LogP contribution is -2.34. The summed E-state index contributed by atoms with van der Waals surface area (Å²) in [6.45, 7) is 3.95. The van der Waals surface area contributed by atoms with Crippen molar-refractivity contribution in [3.05, 3.63) is 30.1 Å². The van der Waals surface area contributed by atoms with Crippen molar-refractivity contribution < 1.29 is 9.53 Å². The van der Waals surface area contributed by atoms with E-state index in [9.17, 15) is 4.79 Å². The van der Waals surface area contributed by atoms with Gasteiger partial charge in [-0.2, -0.15) is 0 Å². The molecule has 1 aliphatic rings. The molecular weight excluding hydrogens is 316 g/mol. The third kappa shape index (κ3) is 4.66. The zero-order valence-corrected chi connectivity index (χ0v) is 15.0. The third-order valence-electron chi connectivity index (χ3n) is 4.36. The minimum Gasteiger partial charge on any atom is -0.383 e. The SMILES string of the molecule is CCc1nc(N(CCOC)CCC(=O)NC2CC2)c2ccccc2n1. The van der Waals surface area contributed by atoms with Gasteiger partial charge in [0.2, 0.25) is 5.91 Å². The Labute approximate surface area is 148 Å². The lowest BCUT2D eigenvalue weighted by atomic mass is 10.2. The van der Waals surface area contributed by atoms with Crippen molar-refractivity contribution in [2.75, 3.05) is 31.7 Å². The monoisotopic (exact) mass is 342 g/mol. The molecule has 134 valence electrons. The van der Waals surface area contributed by atoms with E-state index in [0.29, 0.717) is 32.2 Å². The van der Waals surface area contributed by atoms with Gasteiger partial charge in [0.25, 0.3) is 0 Å². The second-order valence-corrected chi connectivity index (χ2v) is 6.41. The van der Waals surface area contributed by atoms with Crippen LogP contribution in [0.1, 0.15) is 32.0 Å². The maximum absolute atomic E-state index is 12.1. The fraction of sp³-hybridized carbons (Fsp3) is 0.526. The van der Waals surface area contributed by atoms with Gasteiger partial charge in [-0.15, -0.1) is 0 Å². The first-order valence-electron chi connectivity index (χ1n) is 9.00. The smallest absolute Gasteiger partial charge is 0.221 e. The van der Waals surface area contributed by atoms with E-state index >= 15 is 0 Å². The van der Waals surface area contributed by atoms with E-state index in [1.807, 2.05) is 24.3 Å². The van der Waals surface area contributed by atoms with Gasteiger partial charge in [-0.05, 0) is 25.0 Å². The Kier molecular flexibility index (Phi) is 5.81. The number of amides is 1. The minimum atomic E-state index is 0.110. The number of para-hydroxylation sites is 1. The molecule has 1 saturated carbocycles. The van der Waals surface area contributed by atoms with Crippen LogP contribution in [0.15, 0.2) is 24.3 Å². The molecule has 6 heteroatoms. The number of methoxy groups -OCH3 is 1. The zero-order chi connectivity index (χ0) is 17.6. The lowest BCUT2D eigenvalue weighted by Gasteiger charge is -2.25. The second kappa shape index (κ2) is 8.25. The van der Waals surface area contributed by atoms with E-state index < -0.39 is 0 Å². The van der Waals surface area contributed by atoms with Gasteiger partial charge in [-0.25, -0.2) is 9.97 Å². The number of ether oxygens (including phenoxy) is 1. The Hall–Kier alpha value is -2.21. The number of benzene rings is 1. The molecule has 0 bridgehead atoms. The van der Waals surface area contributed by atoms with Crippen LogP contribution in [0.25, 0.3) is 10.9 Å². The van der Waals surface area contributed by atoms with Gasteiger partial charge >= 0.3 is 0 Å². The highest BCUT2D eigenvalue weighted by molar-refractivity contribution is 5.89. The molecule has 0 spiro atoms. The van der Waals surface area contributed by atoms with Crippen LogP contribution in [0.3, 0.4) is 0 Å². The molecule has 3 rings (SSSR count). The molecule has 1 aromatic carbocycles. The highest BCUT2D eigenvalue weighted by Gasteiger charge is 2.23. The molecule has 1 amide bonds. The lowest BCUT2D eigenvalue weighted by molar-refractivity contribution is -0.121. The number of hydrogen-bond acceptors (Lipinski definition) is 5. The summed E-state index contributed by atoms with van der Waals surface area (Å²) >= 11 is 0. The van der Waals surface area contributed by atoms with Crippen LogP contribution in [0, 0.1) is 0 Å². The first-order chi connectivity index (χ1) is 12.2. The molecule has 1 N–H and O–H groups in total. The first-order valence-corrected chi connectivity index (χ1v) is 9.00. The van der Waals surface area contributed by atoms with Crippen molar-refractivity contribution >= 4 is 22.6 Å². The van der Waals surface area contributed by atoms with Crippen LogP contribution in [-0.4, -0.2) is 48.7 Å². The van der Waals surface area contributed by atoms with E-state index in [1.54, 1.807) is 7.11 Å². The molecule has 0 aliphatic heterocycles. The van der Waals surface area contributed by atoms with Crippen LogP contribution < -0.4 is 10.2 Å². The highest BCUT2D eigenvalue weighted by Crippen LogP contribution is 2.24. The molecular formula is C19H26N4O2. The molecule has 1 fully saturated rings. The van der Waals surface area contributed by atoms with Gasteiger partial charge in [0.15, 0.2) is 0 Å². The molecule has 0 unspecified atom stereocenters. The molecule has 0 atom stereocenters. The van der Waals surface area contributed by atoms with Crippen molar-refractivity contribution in [1.29, 1.82) is 0 Å². The fourth-order valence-electron chi connectivity index (χ4n) is 2.80. The third-order valence-corrected chi connectivity index (χ3v) is 4.36. The Morgan fingerprint density at radius 3 is 2.80 bits per heavy atom. The largest absolute Gasteiger partial charge is 0.383 e. The minimum absolute atomic E-state index is 0.110. The van der Waals surface area contributed by atoms with E-state index in [4.69, 9.17) is 9.72 Å². The average Bonchev–Trinajstić information content (AvgIpc) is 3.45. The van der Waals surface area contributed by atoms with Crippen LogP contribution in [0.5, 0.6) is 0 Å². The summed E-state index contributed by atoms with van der Waals surface area (Å²) in [5, 5.41) is 4.06. The van der Waals surface area contributed by atoms with Crippen LogP contribution >= 0.6 is 0 Å². The number of carbonyl (C=O) groups is 1. The Balaban J connectivity index is 1.83. The normalized spacial score (nSPS) is 13.8. The van der Waals surface area contributed by atoms with Crippen molar-refractivity contribution in [2.45, 2.75) is 38.6 Å². The van der Waals surface area contributed by atoms with Crippen molar-refractivity contribution in [3.63, 3.8) is 0 Å². The average molecular weight is 342 g/mol. The van der Waals surface area contributed by atoms with Crippen molar-refractivity contribution in [1.82, 2.24) is 15.3 Å². The summed E-state index contributed by atoms with van der Waals surface area (Å²) in [7, 11) is 1.69. The number of nitrogens with one attached hydrogen (secondary N) is 1. The number of aromatic nitrogens is 2. The maximum atomic E-state index is 12.1. The predicted octanol–water partition coefficient (Wildman–Crippen LogP) is 2.31. The van der Waals surface area contributed by atoms with Gasteiger partial charge in [-0.3, -0.25) is 4.79 Å². The van der Waals surface area contributed by atoms with Gasteiger partial charge in [0.1, 0.15) is 11.6 Å². The van der Waals surface area contributed by atoms with E-state index in [0.717, 1.165) is 41.8 Å².